The third-order valence-corrected chi connectivity index (χ3v) is 2.01. The molecule has 0 radical (unpaired) electrons. The number of rotatable bonds is 0. The molecule has 1 nitrogen and oxygen atoms in total. The van der Waals surface area contributed by atoms with Crippen LogP contribution in [0, 0.1) is 0 Å². The van der Waals surface area contributed by atoms with Crippen LogP contribution < -0.4 is 0 Å². The van der Waals surface area contributed by atoms with Crippen molar-refractivity contribution in [1.82, 2.24) is 0 Å². The van der Waals surface area contributed by atoms with Crippen molar-refractivity contribution in [2.75, 3.05) is 0 Å². The van der Waals surface area contributed by atoms with E-state index in [9.17, 15) is 8.78 Å². The number of nitrogens with zero attached hydrogens (tertiary/aromatic N) is 1. The van der Waals surface area contributed by atoms with Crippen LogP contribution >= 0.6 is 0 Å². The second kappa shape index (κ2) is 1.48. The molecule has 0 saturated carbocycles. The van der Waals surface area contributed by atoms with Gasteiger partial charge in [0.25, 0.3) is 0 Å². The Morgan fingerprint density at radius 3 is 2.43 bits per heavy atom. The van der Waals surface area contributed by atoms with Gasteiger partial charge in [-0.2, -0.15) is 0 Å². The fourth-order valence-electron chi connectivity index (χ4n) is 0.254. The minimum absolute atomic E-state index is 0.533. The summed E-state index contributed by atoms with van der Waals surface area (Å²) in [5, 5.41) is 0. The van der Waals surface area contributed by atoms with Gasteiger partial charge in [-0.15, -0.1) is 0 Å². The Kier molecular flexibility index (Phi) is 1.08. The summed E-state index contributed by atoms with van der Waals surface area (Å²) in [6.07, 6.45) is 0.701. The van der Waals surface area contributed by atoms with E-state index in [4.69, 9.17) is 0 Å². The summed E-state index contributed by atoms with van der Waals surface area (Å²) in [6, 6.07) is 0. The molecule has 0 aliphatic carbocycles. The molecule has 0 N–H and O–H groups in total. The summed E-state index contributed by atoms with van der Waals surface area (Å²) in [6.45, 7) is 0. The summed E-state index contributed by atoms with van der Waals surface area (Å²) in [7, 11) is 0. The normalized spacial score (nSPS) is 26.0. The van der Waals surface area contributed by atoms with Gasteiger partial charge in [0.05, 0.1) is 0 Å². The van der Waals surface area contributed by atoms with E-state index < -0.39 is 21.5 Å². The first-order chi connectivity index (χ1) is 3.21. The summed E-state index contributed by atoms with van der Waals surface area (Å²) in [5.41, 5.74) is 0. The molecule has 38 valence electrons. The Morgan fingerprint density at radius 2 is 2.29 bits per heavy atom. The quantitative estimate of drug-likeness (QED) is 0.452. The molecule has 1 aliphatic heterocycles. The average Bonchev–Trinajstić information content (AvgIpc) is 1.84. The van der Waals surface area contributed by atoms with Crippen LogP contribution in [-0.4, -0.2) is 32.5 Å². The van der Waals surface area contributed by atoms with E-state index in [0.29, 0.717) is 6.21 Å². The van der Waals surface area contributed by atoms with Crippen LogP contribution in [0.4, 0.5) is 8.78 Å². The predicted octanol–water partition coefficient (Wildman–Crippen LogP) is 0.127. The maximum absolute atomic E-state index is 11.8. The minimum atomic E-state index is -2.68. The van der Waals surface area contributed by atoms with Crippen molar-refractivity contribution in [3.8, 4) is 0 Å². The van der Waals surface area contributed by atoms with E-state index >= 15 is 0 Å². The van der Waals surface area contributed by atoms with Crippen LogP contribution in [0.1, 0.15) is 0 Å². The molecule has 0 aromatic rings. The first-order valence-electron chi connectivity index (χ1n) is 1.67. The van der Waals surface area contributed by atoms with E-state index in [2.05, 4.69) is 3.91 Å². The number of hydrogen-bond donors (Lipinski definition) is 0. The van der Waals surface area contributed by atoms with Crippen molar-refractivity contribution in [1.29, 1.82) is 0 Å². The molecule has 0 aromatic carbocycles. The zero-order valence-corrected chi connectivity index (χ0v) is 5.18. The fourth-order valence-corrected chi connectivity index (χ4v) is 1.32. The van der Waals surface area contributed by atoms with Gasteiger partial charge in [0, 0.05) is 0 Å². The van der Waals surface area contributed by atoms with E-state index in [1.165, 1.54) is 0 Å². The molecule has 0 bridgehead atoms. The van der Waals surface area contributed by atoms with E-state index in [1.54, 1.807) is 0 Å². The van der Waals surface area contributed by atoms with Gasteiger partial charge in [-0.25, -0.2) is 0 Å². The third kappa shape index (κ3) is 1.16. The Labute approximate surface area is 45.9 Å². The van der Waals surface area contributed by atoms with Crippen molar-refractivity contribution in [3.63, 3.8) is 0 Å². The molecule has 0 atom stereocenters. The molecule has 0 aromatic heterocycles. The number of halogens is 2. The monoisotopic (exact) mass is 165 g/mol. The van der Waals surface area contributed by atoms with Gasteiger partial charge >= 0.3 is 45.2 Å². The van der Waals surface area contributed by atoms with Gasteiger partial charge in [-0.3, -0.25) is 0 Å². The Morgan fingerprint density at radius 1 is 1.57 bits per heavy atom. The zero-order valence-electron chi connectivity index (χ0n) is 3.31. The van der Waals surface area contributed by atoms with Crippen LogP contribution in [0.25, 0.3) is 0 Å². The summed E-state index contributed by atoms with van der Waals surface area (Å²) in [4.78, 5) is 0.962. The zero-order chi connectivity index (χ0) is 5.33. The molecule has 0 saturated heterocycles. The first kappa shape index (κ1) is 5.10. The van der Waals surface area contributed by atoms with Crippen molar-refractivity contribution in [3.05, 3.63) is 0 Å². The van der Waals surface area contributed by atoms with E-state index in [1.807, 2.05) is 0 Å². The second-order valence-corrected chi connectivity index (χ2v) is 2.67. The molecule has 0 amide bonds. The Bertz CT molecular complexity index is 115. The predicted molar refractivity (Wildman–Crippen MR) is 25.3 cm³/mol. The molecule has 0 unspecified atom stereocenters. The second-order valence-electron chi connectivity index (χ2n) is 1.16. The SMILES string of the molecule is FC1(F)C=N[As]=C1. The van der Waals surface area contributed by atoms with Gasteiger partial charge in [0.1, 0.15) is 0 Å². The molecule has 0 spiro atoms. The van der Waals surface area contributed by atoms with Crippen LogP contribution in [-0.2, 0) is 0 Å². The van der Waals surface area contributed by atoms with Crippen LogP contribution in [0.5, 0.6) is 0 Å². The summed E-state index contributed by atoms with van der Waals surface area (Å²) < 4.78 is 26.9. The van der Waals surface area contributed by atoms with Crippen LogP contribution in [0.2, 0.25) is 0 Å². The van der Waals surface area contributed by atoms with Crippen molar-refractivity contribution < 1.29 is 8.78 Å². The standard InChI is InChI=1S/C3H2AsF2N/c5-3(6)1-4-7-2-3/h1-2H. The fraction of sp³-hybridized carbons (Fsp3) is 0.333. The Hall–Kier alpha value is -0.0416. The number of hydrogen-bond acceptors (Lipinski definition) is 1. The van der Waals surface area contributed by atoms with Crippen LogP contribution in [0.15, 0.2) is 3.91 Å². The van der Waals surface area contributed by atoms with Crippen molar-refractivity contribution >= 4 is 26.6 Å². The molecular weight excluding hydrogens is 163 g/mol. The average molecular weight is 165 g/mol. The molecule has 1 heterocycles. The summed E-state index contributed by atoms with van der Waals surface area (Å²) in [5.74, 6) is -2.68. The Balaban J connectivity index is 2.77. The van der Waals surface area contributed by atoms with Gasteiger partial charge in [0.2, 0.25) is 0 Å². The maximum atomic E-state index is 11.8. The van der Waals surface area contributed by atoms with Gasteiger partial charge in [-0.05, 0) is 0 Å². The van der Waals surface area contributed by atoms with Gasteiger partial charge in [0.15, 0.2) is 0 Å². The van der Waals surface area contributed by atoms with E-state index in [-0.39, 0.29) is 0 Å². The molecule has 0 fully saturated rings. The topological polar surface area (TPSA) is 12.4 Å². The molecule has 1 aliphatic rings. The van der Waals surface area contributed by atoms with Gasteiger partial charge in [-0.1, -0.05) is 0 Å². The molecule has 4 heteroatoms. The number of alkyl halides is 2. The summed E-state index contributed by atoms with van der Waals surface area (Å²) >= 11 is -0.533. The van der Waals surface area contributed by atoms with Crippen molar-refractivity contribution in [2.24, 2.45) is 3.91 Å². The molecular formula is C3H2AsF2N. The van der Waals surface area contributed by atoms with Crippen molar-refractivity contribution in [2.45, 2.75) is 5.92 Å². The first-order valence-corrected chi connectivity index (χ1v) is 3.59. The molecule has 7 heavy (non-hydrogen) atoms. The van der Waals surface area contributed by atoms with E-state index in [0.717, 1.165) is 4.81 Å². The van der Waals surface area contributed by atoms with Gasteiger partial charge < -0.3 is 0 Å². The molecule has 1 rings (SSSR count). The third-order valence-electron chi connectivity index (χ3n) is 0.526. The van der Waals surface area contributed by atoms with Crippen LogP contribution in [0.3, 0.4) is 0 Å².